The molecular formula is C13H15KN3O2-. The SMILES string of the molecule is [CH2-]C1(C([NH-])=O)Cc2ccc(NC(=O)NC)cc2C1.[K+]. The summed E-state index contributed by atoms with van der Waals surface area (Å²) in [5, 5.41) is 5.14. The van der Waals surface area contributed by atoms with Crippen molar-refractivity contribution >= 4 is 17.6 Å². The third kappa shape index (κ3) is 3.58. The third-order valence-corrected chi connectivity index (χ3v) is 3.23. The van der Waals surface area contributed by atoms with Gasteiger partial charge >= 0.3 is 57.4 Å². The summed E-state index contributed by atoms with van der Waals surface area (Å²) in [5.74, 6) is -0.639. The Kier molecular flexibility index (Phi) is 5.58. The number of urea groups is 1. The van der Waals surface area contributed by atoms with E-state index in [1.165, 1.54) is 0 Å². The predicted molar refractivity (Wildman–Crippen MR) is 69.0 cm³/mol. The first-order valence-electron chi connectivity index (χ1n) is 5.66. The van der Waals surface area contributed by atoms with E-state index in [1.807, 2.05) is 12.1 Å². The Morgan fingerprint density at radius 2 is 1.95 bits per heavy atom. The second-order valence-electron chi connectivity index (χ2n) is 4.65. The number of benzene rings is 1. The molecule has 6 heteroatoms. The molecule has 0 aliphatic heterocycles. The summed E-state index contributed by atoms with van der Waals surface area (Å²) in [7, 11) is 1.54. The van der Waals surface area contributed by atoms with Crippen LogP contribution < -0.4 is 62.0 Å². The molecule has 1 atom stereocenters. The second-order valence-corrected chi connectivity index (χ2v) is 4.65. The van der Waals surface area contributed by atoms with E-state index < -0.39 is 11.3 Å². The van der Waals surface area contributed by atoms with Gasteiger partial charge in [-0.25, -0.2) is 4.79 Å². The maximum absolute atomic E-state index is 11.3. The van der Waals surface area contributed by atoms with E-state index in [0.717, 1.165) is 11.1 Å². The van der Waals surface area contributed by atoms with Crippen molar-refractivity contribution in [3.8, 4) is 0 Å². The molecule has 0 radical (unpaired) electrons. The first kappa shape index (κ1) is 16.7. The van der Waals surface area contributed by atoms with Crippen LogP contribution in [0.3, 0.4) is 0 Å². The average molecular weight is 284 g/mol. The molecule has 0 bridgehead atoms. The number of rotatable bonds is 2. The number of nitrogens with one attached hydrogen (secondary N) is 3. The van der Waals surface area contributed by atoms with Crippen molar-refractivity contribution in [2.45, 2.75) is 12.8 Å². The van der Waals surface area contributed by atoms with E-state index in [2.05, 4.69) is 17.6 Å². The summed E-state index contributed by atoms with van der Waals surface area (Å²) < 4.78 is 0. The van der Waals surface area contributed by atoms with Gasteiger partial charge in [0.2, 0.25) is 0 Å². The smallest absolute Gasteiger partial charge is 0.670 e. The molecule has 3 N–H and O–H groups in total. The van der Waals surface area contributed by atoms with Gasteiger partial charge < -0.3 is 28.1 Å². The standard InChI is InChI=1S/C13H16N3O2.K/c1-13(11(14)17)6-8-3-4-10(5-9(8)7-13)16-12(18)15-2;/h3-5H,1,6-7H2,2H3,(H4,14,15,16,17,18);/q-1;+1/p-1. The van der Waals surface area contributed by atoms with Crippen molar-refractivity contribution in [3.63, 3.8) is 0 Å². The maximum atomic E-state index is 11.3. The summed E-state index contributed by atoms with van der Waals surface area (Å²) in [5.41, 5.74) is 9.06. The van der Waals surface area contributed by atoms with E-state index >= 15 is 0 Å². The summed E-state index contributed by atoms with van der Waals surface area (Å²) in [6, 6.07) is 5.20. The van der Waals surface area contributed by atoms with Gasteiger partial charge in [0.25, 0.3) is 0 Å². The molecule has 2 rings (SSSR count). The molecule has 96 valence electrons. The van der Waals surface area contributed by atoms with Gasteiger partial charge in [-0.15, -0.1) is 5.41 Å². The number of carbonyl (C=O) groups is 2. The Hall–Kier alpha value is -0.404. The number of amides is 3. The molecule has 5 nitrogen and oxygen atoms in total. The number of fused-ring (bicyclic) bond motifs is 1. The van der Waals surface area contributed by atoms with Crippen LogP contribution in [0.5, 0.6) is 0 Å². The zero-order valence-corrected chi connectivity index (χ0v) is 14.3. The van der Waals surface area contributed by atoms with Crippen LogP contribution in [0.15, 0.2) is 18.2 Å². The van der Waals surface area contributed by atoms with Crippen LogP contribution in [0.4, 0.5) is 10.5 Å². The first-order valence-corrected chi connectivity index (χ1v) is 5.66. The van der Waals surface area contributed by atoms with E-state index in [4.69, 9.17) is 5.73 Å². The summed E-state index contributed by atoms with van der Waals surface area (Å²) in [6.45, 7) is 3.85. The number of hydrogen-bond acceptors (Lipinski definition) is 2. The van der Waals surface area contributed by atoms with Crippen molar-refractivity contribution in [1.82, 2.24) is 5.32 Å². The minimum absolute atomic E-state index is 0. The topological polar surface area (TPSA) is 82.0 Å². The molecule has 0 saturated heterocycles. The summed E-state index contributed by atoms with van der Waals surface area (Å²) in [6.07, 6.45) is 0.943. The molecule has 0 spiro atoms. The molecule has 1 unspecified atom stereocenters. The molecule has 0 aromatic heterocycles. The monoisotopic (exact) mass is 284 g/mol. The van der Waals surface area contributed by atoms with Gasteiger partial charge in [0, 0.05) is 18.6 Å². The zero-order chi connectivity index (χ0) is 13.3. The van der Waals surface area contributed by atoms with Crippen molar-refractivity contribution in [1.29, 1.82) is 0 Å². The zero-order valence-electron chi connectivity index (χ0n) is 11.2. The van der Waals surface area contributed by atoms with Crippen LogP contribution in [0.1, 0.15) is 11.1 Å². The number of anilines is 1. The van der Waals surface area contributed by atoms with Crippen LogP contribution >= 0.6 is 0 Å². The van der Waals surface area contributed by atoms with Gasteiger partial charge in [0.05, 0.1) is 0 Å². The van der Waals surface area contributed by atoms with Crippen molar-refractivity contribution < 1.29 is 61.0 Å². The van der Waals surface area contributed by atoms with Crippen LogP contribution in [0.2, 0.25) is 0 Å². The molecule has 0 saturated carbocycles. The Balaban J connectivity index is 0.00000180. The van der Waals surface area contributed by atoms with E-state index in [1.54, 1.807) is 13.1 Å². The van der Waals surface area contributed by atoms with Crippen LogP contribution in [0, 0.1) is 12.3 Å². The van der Waals surface area contributed by atoms with Gasteiger partial charge in [0.15, 0.2) is 0 Å². The largest absolute Gasteiger partial charge is 1.00 e. The first-order chi connectivity index (χ1) is 8.44. The molecule has 1 aromatic carbocycles. The maximum Gasteiger partial charge on any atom is 1.00 e. The average Bonchev–Trinajstić information content (AvgIpc) is 2.66. The van der Waals surface area contributed by atoms with E-state index in [-0.39, 0.29) is 57.4 Å². The minimum atomic E-state index is -0.867. The Morgan fingerprint density at radius 1 is 1.32 bits per heavy atom. The fourth-order valence-electron chi connectivity index (χ4n) is 2.19. The Morgan fingerprint density at radius 3 is 2.53 bits per heavy atom. The molecule has 3 amide bonds. The molecule has 1 aliphatic rings. The molecule has 0 fully saturated rings. The van der Waals surface area contributed by atoms with Gasteiger partial charge in [0.1, 0.15) is 0 Å². The van der Waals surface area contributed by atoms with E-state index in [0.29, 0.717) is 18.5 Å². The fourth-order valence-corrected chi connectivity index (χ4v) is 2.19. The molecule has 1 aromatic rings. The van der Waals surface area contributed by atoms with Crippen molar-refractivity contribution in [2.24, 2.45) is 5.41 Å². The second kappa shape index (κ2) is 6.36. The number of carbonyl (C=O) groups excluding carboxylic acids is 2. The van der Waals surface area contributed by atoms with Gasteiger partial charge in [-0.3, -0.25) is 0 Å². The van der Waals surface area contributed by atoms with Crippen molar-refractivity contribution in [2.75, 3.05) is 12.4 Å². The molecule has 0 heterocycles. The van der Waals surface area contributed by atoms with Crippen LogP contribution in [-0.2, 0) is 17.6 Å². The van der Waals surface area contributed by atoms with Crippen LogP contribution in [0.25, 0.3) is 5.73 Å². The minimum Gasteiger partial charge on any atom is -0.670 e. The van der Waals surface area contributed by atoms with Crippen molar-refractivity contribution in [3.05, 3.63) is 42.0 Å². The summed E-state index contributed by atoms with van der Waals surface area (Å²) >= 11 is 0. The molecule has 19 heavy (non-hydrogen) atoms. The van der Waals surface area contributed by atoms with E-state index in [9.17, 15) is 9.59 Å². The molecule has 1 aliphatic carbocycles. The third-order valence-electron chi connectivity index (χ3n) is 3.23. The fraction of sp³-hybridized carbons (Fsp3) is 0.308. The predicted octanol–water partition coefficient (Wildman–Crippen LogP) is -1.06. The van der Waals surface area contributed by atoms with Gasteiger partial charge in [-0.2, -0.15) is 0 Å². The number of hydrogen-bond donors (Lipinski definition) is 2. The van der Waals surface area contributed by atoms with Gasteiger partial charge in [-0.1, -0.05) is 6.07 Å². The molecular weight excluding hydrogens is 269 g/mol. The van der Waals surface area contributed by atoms with Gasteiger partial charge in [-0.05, 0) is 36.1 Å². The Labute approximate surface area is 155 Å². The quantitative estimate of drug-likeness (QED) is 0.536. The summed E-state index contributed by atoms with van der Waals surface area (Å²) in [4.78, 5) is 22.5. The Bertz CT molecular complexity index is 519. The normalized spacial score (nSPS) is 20.1. The van der Waals surface area contributed by atoms with Crippen LogP contribution in [-0.4, -0.2) is 19.0 Å².